The number of nitrogens with one attached hydrogen (secondary N) is 2. The third kappa shape index (κ3) is 8.42. The van der Waals surface area contributed by atoms with Crippen LogP contribution in [-0.2, 0) is 27.2 Å². The summed E-state index contributed by atoms with van der Waals surface area (Å²) >= 11 is 3.37. The number of alkyl carbamates (subject to hydrolysis) is 1. The van der Waals surface area contributed by atoms with E-state index in [9.17, 15) is 18.8 Å². The molecule has 0 bridgehead atoms. The lowest BCUT2D eigenvalue weighted by molar-refractivity contribution is -0.139. The second-order valence-electron chi connectivity index (χ2n) is 9.29. The van der Waals surface area contributed by atoms with Crippen molar-refractivity contribution in [2.24, 2.45) is 0 Å². The molecule has 3 aromatic carbocycles. The van der Waals surface area contributed by atoms with Gasteiger partial charge in [0.2, 0.25) is 0 Å². The molecule has 0 fully saturated rings. The highest BCUT2D eigenvalue weighted by atomic mass is 79.9. The van der Waals surface area contributed by atoms with Crippen molar-refractivity contribution in [3.05, 3.63) is 87.6 Å². The second kappa shape index (κ2) is 12.0. The molecule has 0 unspecified atom stereocenters. The van der Waals surface area contributed by atoms with Gasteiger partial charge in [0.25, 0.3) is 5.91 Å². The Hall–Kier alpha value is -3.72. The fraction of sp³-hybridized carbons (Fsp3) is 0.250. The van der Waals surface area contributed by atoms with E-state index in [1.165, 1.54) is 19.2 Å². The van der Waals surface area contributed by atoms with Crippen molar-refractivity contribution in [3.8, 4) is 11.1 Å². The van der Waals surface area contributed by atoms with E-state index in [0.29, 0.717) is 33.5 Å². The summed E-state index contributed by atoms with van der Waals surface area (Å²) in [7, 11) is 1.30. The zero-order valence-corrected chi connectivity index (χ0v) is 22.6. The fourth-order valence-corrected chi connectivity index (χ4v) is 3.91. The molecule has 3 aromatic rings. The van der Waals surface area contributed by atoms with Gasteiger partial charge in [0.1, 0.15) is 11.4 Å². The summed E-state index contributed by atoms with van der Waals surface area (Å²) in [5.74, 6) is -1.30. The third-order valence-electron chi connectivity index (χ3n) is 5.13. The molecule has 0 saturated carbocycles. The molecule has 3 rings (SSSR count). The lowest BCUT2D eigenvalue weighted by Gasteiger charge is -2.19. The molecule has 7 nitrogen and oxygen atoms in total. The minimum absolute atomic E-state index is 0.00497. The number of benzene rings is 3. The monoisotopic (exact) mass is 570 g/mol. The summed E-state index contributed by atoms with van der Waals surface area (Å²) in [5.41, 5.74) is 2.49. The van der Waals surface area contributed by atoms with Crippen LogP contribution >= 0.6 is 15.9 Å². The van der Waals surface area contributed by atoms with Crippen molar-refractivity contribution in [2.45, 2.75) is 39.3 Å². The molecule has 0 aromatic heterocycles. The summed E-state index contributed by atoms with van der Waals surface area (Å²) in [5, 5.41) is 5.45. The molecule has 0 aliphatic heterocycles. The van der Waals surface area contributed by atoms with Crippen molar-refractivity contribution < 1.29 is 28.2 Å². The Morgan fingerprint density at radius 1 is 0.973 bits per heavy atom. The highest BCUT2D eigenvalue weighted by Gasteiger charge is 2.17. The average molecular weight is 571 g/mol. The smallest absolute Gasteiger partial charge is 0.407 e. The number of amides is 2. The van der Waals surface area contributed by atoms with Crippen LogP contribution in [0.15, 0.2) is 65.1 Å². The topological polar surface area (TPSA) is 93.7 Å². The van der Waals surface area contributed by atoms with E-state index >= 15 is 0 Å². The first-order valence-corrected chi connectivity index (χ1v) is 12.3. The van der Waals surface area contributed by atoms with E-state index in [1.54, 1.807) is 69.3 Å². The van der Waals surface area contributed by atoms with Crippen LogP contribution in [0.25, 0.3) is 11.1 Å². The van der Waals surface area contributed by atoms with Gasteiger partial charge in [-0.3, -0.25) is 9.59 Å². The van der Waals surface area contributed by atoms with Crippen LogP contribution in [0.2, 0.25) is 0 Å². The van der Waals surface area contributed by atoms with E-state index in [2.05, 4.69) is 26.6 Å². The van der Waals surface area contributed by atoms with Crippen molar-refractivity contribution in [1.82, 2.24) is 5.32 Å². The molecular weight excluding hydrogens is 543 g/mol. The summed E-state index contributed by atoms with van der Waals surface area (Å²) < 4.78 is 25.1. The van der Waals surface area contributed by atoms with Gasteiger partial charge in [-0.1, -0.05) is 28.1 Å². The molecule has 0 heterocycles. The van der Waals surface area contributed by atoms with Crippen LogP contribution < -0.4 is 10.6 Å². The van der Waals surface area contributed by atoms with Crippen LogP contribution in [0.4, 0.5) is 14.9 Å². The molecule has 0 atom stereocenters. The Kier molecular flexibility index (Phi) is 9.04. The summed E-state index contributed by atoms with van der Waals surface area (Å²) in [6.45, 7) is 5.35. The van der Waals surface area contributed by atoms with Crippen LogP contribution in [0, 0.1) is 5.82 Å². The van der Waals surface area contributed by atoms with Gasteiger partial charge in [-0.05, 0) is 91.6 Å². The van der Waals surface area contributed by atoms with E-state index in [-0.39, 0.29) is 13.0 Å². The highest BCUT2D eigenvalue weighted by Crippen LogP contribution is 2.26. The first kappa shape index (κ1) is 27.9. The minimum Gasteiger partial charge on any atom is -0.469 e. The normalized spacial score (nSPS) is 11.0. The quantitative estimate of drug-likeness (QED) is 0.327. The van der Waals surface area contributed by atoms with E-state index in [0.717, 1.165) is 4.47 Å². The van der Waals surface area contributed by atoms with Gasteiger partial charge in [0, 0.05) is 22.3 Å². The minimum atomic E-state index is -0.644. The number of esters is 1. The van der Waals surface area contributed by atoms with E-state index < -0.39 is 29.4 Å². The fourth-order valence-electron chi connectivity index (χ4n) is 3.50. The standard InChI is InChI=1S/C28H28BrFN2O5/c1-28(2,3)37-27(35)31-16-17-10-20(14-23(30)11-17)18-6-5-7-19(12-18)26(34)32-24-9-8-22(29)13-21(24)15-25(33)36-4/h5-14H,15-16H2,1-4H3,(H,31,35)(H,32,34). The van der Waals surface area contributed by atoms with Gasteiger partial charge in [-0.2, -0.15) is 0 Å². The Bertz CT molecular complexity index is 1320. The molecule has 0 spiro atoms. The van der Waals surface area contributed by atoms with Gasteiger partial charge in [0.15, 0.2) is 0 Å². The molecule has 0 saturated heterocycles. The molecule has 0 radical (unpaired) electrons. The maximum absolute atomic E-state index is 14.4. The Labute approximate surface area is 223 Å². The van der Waals surface area contributed by atoms with Crippen LogP contribution in [-0.4, -0.2) is 30.7 Å². The van der Waals surface area contributed by atoms with Crippen LogP contribution in [0.3, 0.4) is 0 Å². The van der Waals surface area contributed by atoms with E-state index in [4.69, 9.17) is 9.47 Å². The maximum atomic E-state index is 14.4. The van der Waals surface area contributed by atoms with Gasteiger partial charge < -0.3 is 20.1 Å². The van der Waals surface area contributed by atoms with Crippen molar-refractivity contribution in [2.75, 3.05) is 12.4 Å². The predicted molar refractivity (Wildman–Crippen MR) is 143 cm³/mol. The average Bonchev–Trinajstić information content (AvgIpc) is 2.83. The van der Waals surface area contributed by atoms with Crippen LogP contribution in [0.5, 0.6) is 0 Å². The SMILES string of the molecule is COC(=O)Cc1cc(Br)ccc1NC(=O)c1cccc(-c2cc(F)cc(CNC(=O)OC(C)(C)C)c2)c1. The van der Waals surface area contributed by atoms with Gasteiger partial charge in [0.05, 0.1) is 13.5 Å². The Morgan fingerprint density at radius 3 is 2.43 bits per heavy atom. The summed E-state index contributed by atoms with van der Waals surface area (Å²) in [6, 6.07) is 16.4. The largest absolute Gasteiger partial charge is 0.469 e. The molecule has 2 N–H and O–H groups in total. The lowest BCUT2D eigenvalue weighted by Crippen LogP contribution is -2.32. The van der Waals surface area contributed by atoms with Gasteiger partial charge in [-0.25, -0.2) is 9.18 Å². The number of hydrogen-bond acceptors (Lipinski definition) is 5. The van der Waals surface area contributed by atoms with Crippen LogP contribution in [0.1, 0.15) is 42.3 Å². The van der Waals surface area contributed by atoms with Crippen molar-refractivity contribution in [1.29, 1.82) is 0 Å². The second-order valence-corrected chi connectivity index (χ2v) is 10.2. The van der Waals surface area contributed by atoms with Gasteiger partial charge >= 0.3 is 12.1 Å². The van der Waals surface area contributed by atoms with Crippen molar-refractivity contribution >= 4 is 39.6 Å². The molecular formula is C28H28BrFN2O5. The van der Waals surface area contributed by atoms with Crippen molar-refractivity contribution in [3.63, 3.8) is 0 Å². The zero-order valence-electron chi connectivity index (χ0n) is 21.0. The maximum Gasteiger partial charge on any atom is 0.407 e. The first-order chi connectivity index (χ1) is 17.4. The molecule has 37 heavy (non-hydrogen) atoms. The Balaban J connectivity index is 1.79. The molecule has 9 heteroatoms. The zero-order chi connectivity index (χ0) is 27.2. The molecule has 0 aliphatic rings. The number of methoxy groups -OCH3 is 1. The van der Waals surface area contributed by atoms with Gasteiger partial charge in [-0.15, -0.1) is 0 Å². The highest BCUT2D eigenvalue weighted by molar-refractivity contribution is 9.10. The number of anilines is 1. The number of rotatable bonds is 7. The molecule has 194 valence electrons. The third-order valence-corrected chi connectivity index (χ3v) is 5.62. The molecule has 0 aliphatic carbocycles. The predicted octanol–water partition coefficient (Wildman–Crippen LogP) is 6.25. The number of ether oxygens (including phenoxy) is 2. The Morgan fingerprint density at radius 2 is 1.73 bits per heavy atom. The summed E-state index contributed by atoms with van der Waals surface area (Å²) in [4.78, 5) is 36.8. The summed E-state index contributed by atoms with van der Waals surface area (Å²) in [6.07, 6.45) is -0.605. The number of carbonyl (C=O) groups excluding carboxylic acids is 3. The lowest BCUT2D eigenvalue weighted by atomic mass is 10.00. The molecule has 2 amide bonds. The first-order valence-electron chi connectivity index (χ1n) is 11.5. The number of hydrogen-bond donors (Lipinski definition) is 2. The number of carbonyl (C=O) groups is 3. The van der Waals surface area contributed by atoms with E-state index in [1.807, 2.05) is 0 Å². The number of halogens is 2.